The quantitative estimate of drug-likeness (QED) is 0.471. The first kappa shape index (κ1) is 26.5. The van der Waals surface area contributed by atoms with Crippen LogP contribution in [0.3, 0.4) is 0 Å². The van der Waals surface area contributed by atoms with Gasteiger partial charge in [-0.1, -0.05) is 13.8 Å². The van der Waals surface area contributed by atoms with Gasteiger partial charge in [-0.15, -0.1) is 0 Å². The molecule has 204 valence electrons. The normalized spacial score (nSPS) is 24.1. The third kappa shape index (κ3) is 5.50. The van der Waals surface area contributed by atoms with Crippen LogP contribution in [0.2, 0.25) is 0 Å². The molecule has 2 fully saturated rings. The van der Waals surface area contributed by atoms with E-state index in [9.17, 15) is 12.8 Å². The van der Waals surface area contributed by atoms with E-state index < -0.39 is 15.5 Å². The van der Waals surface area contributed by atoms with Crippen LogP contribution in [0, 0.1) is 5.92 Å². The molecule has 2 saturated heterocycles. The van der Waals surface area contributed by atoms with E-state index in [1.165, 1.54) is 12.6 Å². The Kier molecular flexibility index (Phi) is 6.87. The van der Waals surface area contributed by atoms with Gasteiger partial charge in [-0.05, 0) is 49.6 Å². The van der Waals surface area contributed by atoms with Crippen LogP contribution in [0.5, 0.6) is 0 Å². The Balaban J connectivity index is 1.42. The maximum absolute atomic E-state index is 14.6. The van der Waals surface area contributed by atoms with Crippen LogP contribution in [0.15, 0.2) is 24.8 Å². The molecule has 10 nitrogen and oxygen atoms in total. The zero-order valence-electron chi connectivity index (χ0n) is 22.5. The summed E-state index contributed by atoms with van der Waals surface area (Å²) in [6, 6.07) is 2.03. The standard InChI is InChI=1S/C26H35FN8O2S/c1-16(2)20-10-29-23(35-12-18(17(35)3)13-38(5,36)37)21-11-28-22(9-19(20)21)32-24-30-15-31-25(33-24)34-8-6-7-26(4,27)14-34/h9-11,15-18H,6-8,12-14H2,1-5H3,(H,28,30,31,32,33)/t17-,18-,26+/m1/s1. The van der Waals surface area contributed by atoms with Gasteiger partial charge in [-0.25, -0.2) is 32.7 Å². The minimum Gasteiger partial charge on any atom is -0.353 e. The highest BCUT2D eigenvalue weighted by Gasteiger charge is 2.39. The summed E-state index contributed by atoms with van der Waals surface area (Å²) < 4.78 is 38.2. The third-order valence-corrected chi connectivity index (χ3v) is 8.56. The fourth-order valence-electron chi connectivity index (χ4n) is 5.43. The van der Waals surface area contributed by atoms with Gasteiger partial charge in [-0.2, -0.15) is 4.98 Å². The Bertz CT molecular complexity index is 1450. The molecule has 0 spiro atoms. The molecular formula is C26H35FN8O2S. The number of alkyl halides is 1. The number of nitrogens with zero attached hydrogens (tertiary/aromatic N) is 7. The predicted octanol–water partition coefficient (Wildman–Crippen LogP) is 3.88. The molecule has 0 aromatic carbocycles. The number of halogens is 1. The molecule has 1 N–H and O–H groups in total. The van der Waals surface area contributed by atoms with Crippen molar-refractivity contribution >= 4 is 44.1 Å². The highest BCUT2D eigenvalue weighted by atomic mass is 32.2. The second kappa shape index (κ2) is 9.87. The van der Waals surface area contributed by atoms with Crippen molar-refractivity contribution in [1.82, 2.24) is 24.9 Å². The number of rotatable bonds is 7. The smallest absolute Gasteiger partial charge is 0.233 e. The van der Waals surface area contributed by atoms with Gasteiger partial charge >= 0.3 is 0 Å². The maximum atomic E-state index is 14.6. The monoisotopic (exact) mass is 542 g/mol. The minimum absolute atomic E-state index is 0.0627. The van der Waals surface area contributed by atoms with Crippen LogP contribution >= 0.6 is 0 Å². The van der Waals surface area contributed by atoms with E-state index in [1.807, 2.05) is 24.1 Å². The van der Waals surface area contributed by atoms with Crippen molar-refractivity contribution in [2.45, 2.75) is 58.2 Å². The van der Waals surface area contributed by atoms with Gasteiger partial charge in [0.1, 0.15) is 33.5 Å². The van der Waals surface area contributed by atoms with Crippen molar-refractivity contribution in [1.29, 1.82) is 0 Å². The second-order valence-electron chi connectivity index (χ2n) is 11.2. The summed E-state index contributed by atoms with van der Waals surface area (Å²) in [5.74, 6) is 2.66. The first-order valence-corrected chi connectivity index (χ1v) is 15.1. The molecule has 38 heavy (non-hydrogen) atoms. The van der Waals surface area contributed by atoms with E-state index in [4.69, 9.17) is 4.98 Å². The zero-order valence-corrected chi connectivity index (χ0v) is 23.3. The van der Waals surface area contributed by atoms with Crippen LogP contribution in [0.4, 0.5) is 27.9 Å². The Morgan fingerprint density at radius 1 is 1.18 bits per heavy atom. The highest BCUT2D eigenvalue weighted by Crippen LogP contribution is 2.38. The molecule has 5 heterocycles. The lowest BCUT2D eigenvalue weighted by Gasteiger charge is -2.47. The number of hydrogen-bond donors (Lipinski definition) is 1. The van der Waals surface area contributed by atoms with Crippen LogP contribution in [0.25, 0.3) is 10.8 Å². The minimum atomic E-state index is -3.04. The molecule has 2 aliphatic heterocycles. The lowest BCUT2D eigenvalue weighted by Crippen LogP contribution is -2.57. The van der Waals surface area contributed by atoms with E-state index in [2.05, 4.69) is 44.0 Å². The Labute approximate surface area is 223 Å². The maximum Gasteiger partial charge on any atom is 0.233 e. The van der Waals surface area contributed by atoms with Crippen molar-refractivity contribution in [3.63, 3.8) is 0 Å². The van der Waals surface area contributed by atoms with E-state index in [1.54, 1.807) is 13.1 Å². The fraction of sp³-hybridized carbons (Fsp3) is 0.577. The van der Waals surface area contributed by atoms with E-state index in [0.717, 1.165) is 28.6 Å². The number of fused-ring (bicyclic) bond motifs is 1. The molecule has 0 amide bonds. The first-order valence-electron chi connectivity index (χ1n) is 13.0. The van der Waals surface area contributed by atoms with Crippen LogP contribution in [-0.2, 0) is 9.84 Å². The molecule has 0 radical (unpaired) electrons. The Hall–Kier alpha value is -3.15. The lowest BCUT2D eigenvalue weighted by atomic mass is 9.90. The Morgan fingerprint density at radius 3 is 2.66 bits per heavy atom. The van der Waals surface area contributed by atoms with Crippen molar-refractivity contribution < 1.29 is 12.8 Å². The predicted molar refractivity (Wildman–Crippen MR) is 148 cm³/mol. The van der Waals surface area contributed by atoms with Gasteiger partial charge in [0, 0.05) is 49.1 Å². The number of aromatic nitrogens is 5. The summed E-state index contributed by atoms with van der Waals surface area (Å²) >= 11 is 0. The summed E-state index contributed by atoms with van der Waals surface area (Å²) in [4.78, 5) is 26.4. The Morgan fingerprint density at radius 2 is 1.97 bits per heavy atom. The molecule has 3 aromatic heterocycles. The van der Waals surface area contributed by atoms with Crippen molar-refractivity contribution in [3.8, 4) is 0 Å². The molecule has 12 heteroatoms. The van der Waals surface area contributed by atoms with Gasteiger partial charge in [0.25, 0.3) is 0 Å². The number of nitrogens with one attached hydrogen (secondary N) is 1. The number of piperidine rings is 1. The van der Waals surface area contributed by atoms with Crippen LogP contribution < -0.4 is 15.1 Å². The molecule has 3 aromatic rings. The third-order valence-electron chi connectivity index (χ3n) is 7.53. The first-order chi connectivity index (χ1) is 17.9. The average molecular weight is 543 g/mol. The molecule has 0 unspecified atom stereocenters. The fourth-order valence-corrected chi connectivity index (χ4v) is 6.59. The number of sulfone groups is 1. The summed E-state index contributed by atoms with van der Waals surface area (Å²) in [5.41, 5.74) is -0.183. The lowest BCUT2D eigenvalue weighted by molar-refractivity contribution is 0.159. The molecule has 0 saturated carbocycles. The zero-order chi connectivity index (χ0) is 27.2. The topological polar surface area (TPSA) is 117 Å². The molecule has 0 aliphatic carbocycles. The van der Waals surface area contributed by atoms with Gasteiger partial charge in [0.05, 0.1) is 12.3 Å². The largest absolute Gasteiger partial charge is 0.353 e. The van der Waals surface area contributed by atoms with Crippen LogP contribution in [-0.4, -0.2) is 76.7 Å². The highest BCUT2D eigenvalue weighted by molar-refractivity contribution is 7.90. The summed E-state index contributed by atoms with van der Waals surface area (Å²) in [6.07, 6.45) is 7.68. The van der Waals surface area contributed by atoms with Crippen molar-refractivity contribution in [2.75, 3.05) is 46.8 Å². The number of hydrogen-bond acceptors (Lipinski definition) is 10. The van der Waals surface area contributed by atoms with Crippen molar-refractivity contribution in [2.24, 2.45) is 5.92 Å². The summed E-state index contributed by atoms with van der Waals surface area (Å²) in [7, 11) is -3.04. The number of pyridine rings is 2. The SMILES string of the molecule is CC(C)c1cnc(N2C[C@H](CS(C)(=O)=O)[C@H]2C)c2cnc(Nc3ncnc(N4CCC[C@](C)(F)C4)n3)cc12. The molecule has 2 aliphatic rings. The molecule has 3 atom stereocenters. The molecule has 5 rings (SSSR count). The molecule has 0 bridgehead atoms. The van der Waals surface area contributed by atoms with Gasteiger partial charge in [-0.3, -0.25) is 0 Å². The summed E-state index contributed by atoms with van der Waals surface area (Å²) in [6.45, 7) is 9.48. The average Bonchev–Trinajstić information content (AvgIpc) is 2.84. The number of anilines is 4. The van der Waals surface area contributed by atoms with Crippen molar-refractivity contribution in [3.05, 3.63) is 30.4 Å². The van der Waals surface area contributed by atoms with Crippen LogP contribution in [0.1, 0.15) is 52.0 Å². The van der Waals surface area contributed by atoms with E-state index >= 15 is 0 Å². The van der Waals surface area contributed by atoms with Gasteiger partial charge in [0.2, 0.25) is 11.9 Å². The van der Waals surface area contributed by atoms with Gasteiger partial charge in [0.15, 0.2) is 0 Å². The van der Waals surface area contributed by atoms with E-state index in [-0.39, 0.29) is 30.2 Å². The molecular weight excluding hydrogens is 507 g/mol. The summed E-state index contributed by atoms with van der Waals surface area (Å²) in [5, 5.41) is 5.11. The van der Waals surface area contributed by atoms with E-state index in [0.29, 0.717) is 37.2 Å². The second-order valence-corrected chi connectivity index (χ2v) is 13.4. The van der Waals surface area contributed by atoms with Gasteiger partial charge < -0.3 is 15.1 Å².